The molecule has 0 spiro atoms. The van der Waals surface area contributed by atoms with Crippen LogP contribution in [0.4, 0.5) is 8.78 Å². The van der Waals surface area contributed by atoms with E-state index in [0.29, 0.717) is 58.8 Å². The average Bonchev–Trinajstić information content (AvgIpc) is 3.66. The molecule has 1 atom stereocenters. The summed E-state index contributed by atoms with van der Waals surface area (Å²) in [5.41, 5.74) is 2.87. The number of aryl methyl sites for hydroxylation is 2. The Morgan fingerprint density at radius 2 is 1.92 bits per heavy atom. The number of ether oxygens (including phenoxy) is 2. The summed E-state index contributed by atoms with van der Waals surface area (Å²) < 4.78 is 44.4. The third-order valence-electron chi connectivity index (χ3n) is 8.18. The van der Waals surface area contributed by atoms with Crippen molar-refractivity contribution in [2.45, 2.75) is 65.7 Å². The third-order valence-corrected chi connectivity index (χ3v) is 8.18. The number of carboxylic acid groups (broad SMARTS) is 1. The molecule has 250 valence electrons. The van der Waals surface area contributed by atoms with Gasteiger partial charge in [0, 0.05) is 47.6 Å². The number of aromatic nitrogens is 6. The zero-order chi connectivity index (χ0) is 34.5. The van der Waals surface area contributed by atoms with Crippen LogP contribution in [0.2, 0.25) is 0 Å². The van der Waals surface area contributed by atoms with Crippen LogP contribution in [0.5, 0.6) is 5.75 Å². The first-order chi connectivity index (χ1) is 22.7. The molecule has 0 saturated carbocycles. The topological polar surface area (TPSA) is 146 Å². The Hall–Kier alpha value is -5.24. The van der Waals surface area contributed by atoms with Crippen molar-refractivity contribution in [1.29, 1.82) is 0 Å². The second-order valence-electron chi connectivity index (χ2n) is 12.7. The van der Waals surface area contributed by atoms with Gasteiger partial charge in [0.2, 0.25) is 0 Å². The first-order valence-corrected chi connectivity index (χ1v) is 15.4. The van der Waals surface area contributed by atoms with E-state index in [-0.39, 0.29) is 34.9 Å². The van der Waals surface area contributed by atoms with Gasteiger partial charge in [-0.15, -0.1) is 0 Å². The number of rotatable bonds is 8. The maximum absolute atomic E-state index is 15.6. The van der Waals surface area contributed by atoms with E-state index in [1.807, 2.05) is 6.92 Å². The predicted molar refractivity (Wildman–Crippen MR) is 170 cm³/mol. The summed E-state index contributed by atoms with van der Waals surface area (Å²) in [6.45, 7) is 9.07. The Labute approximate surface area is 274 Å². The molecule has 0 fully saturated rings. The number of hydrogen-bond acceptors (Lipinski definition) is 8. The molecule has 1 unspecified atom stereocenters. The van der Waals surface area contributed by atoms with Crippen LogP contribution in [0.3, 0.4) is 0 Å². The highest BCUT2D eigenvalue weighted by atomic mass is 19.1. The number of benzene rings is 2. The van der Waals surface area contributed by atoms with Crippen molar-refractivity contribution in [3.8, 4) is 28.4 Å². The van der Waals surface area contributed by atoms with E-state index in [0.717, 1.165) is 0 Å². The van der Waals surface area contributed by atoms with Gasteiger partial charge in [0.15, 0.2) is 34.8 Å². The second kappa shape index (κ2) is 12.4. The first kappa shape index (κ1) is 32.7. The maximum Gasteiger partial charge on any atom is 0.337 e. The monoisotopic (exact) mass is 659 g/mol. The summed E-state index contributed by atoms with van der Waals surface area (Å²) in [6, 6.07) is 6.93. The molecule has 6 rings (SSSR count). The molecule has 0 bridgehead atoms. The number of nitrogens with zero attached hydrogens (tertiary/aromatic N) is 6. The van der Waals surface area contributed by atoms with E-state index in [1.165, 1.54) is 39.8 Å². The summed E-state index contributed by atoms with van der Waals surface area (Å²) >= 11 is 0. The normalized spacial score (nSPS) is 13.7. The van der Waals surface area contributed by atoms with Gasteiger partial charge in [-0.1, -0.05) is 6.07 Å². The number of carbonyl (C=O) groups is 2. The van der Waals surface area contributed by atoms with E-state index in [1.54, 1.807) is 40.8 Å². The molecule has 3 aromatic heterocycles. The lowest BCUT2D eigenvalue weighted by Gasteiger charge is -2.28. The molecular weight excluding hydrogens is 624 g/mol. The molecule has 1 amide bonds. The van der Waals surface area contributed by atoms with E-state index >= 15 is 4.39 Å². The maximum atomic E-state index is 15.6. The van der Waals surface area contributed by atoms with E-state index < -0.39 is 35.2 Å². The minimum atomic E-state index is -1.49. The van der Waals surface area contributed by atoms with E-state index in [4.69, 9.17) is 9.47 Å². The van der Waals surface area contributed by atoms with Crippen LogP contribution in [-0.4, -0.2) is 58.6 Å². The summed E-state index contributed by atoms with van der Waals surface area (Å²) in [6.07, 6.45) is 1.12. The van der Waals surface area contributed by atoms with Gasteiger partial charge in [0.1, 0.15) is 12.1 Å². The van der Waals surface area contributed by atoms with Gasteiger partial charge in [-0.3, -0.25) is 4.79 Å². The van der Waals surface area contributed by atoms with Crippen LogP contribution >= 0.6 is 0 Å². The number of amides is 1. The summed E-state index contributed by atoms with van der Waals surface area (Å²) in [4.78, 5) is 35.1. The first-order valence-electron chi connectivity index (χ1n) is 15.4. The predicted octanol–water partition coefficient (Wildman–Crippen LogP) is 5.28. The molecule has 4 heterocycles. The van der Waals surface area contributed by atoms with Gasteiger partial charge in [0.05, 0.1) is 17.9 Å². The van der Waals surface area contributed by atoms with Gasteiger partial charge in [-0.2, -0.15) is 10.2 Å². The number of carboxylic acids is 1. The van der Waals surface area contributed by atoms with Gasteiger partial charge in [-0.05, 0) is 76.8 Å². The van der Waals surface area contributed by atoms with Crippen molar-refractivity contribution in [2.75, 3.05) is 6.61 Å². The zero-order valence-corrected chi connectivity index (χ0v) is 27.4. The molecule has 0 radical (unpaired) electrons. The molecule has 0 saturated heterocycles. The number of carbonyl (C=O) groups excluding carboxylic acids is 1. The van der Waals surface area contributed by atoms with Crippen molar-refractivity contribution >= 4 is 17.5 Å². The molecule has 0 aliphatic carbocycles. The van der Waals surface area contributed by atoms with E-state index in [2.05, 4.69) is 25.5 Å². The van der Waals surface area contributed by atoms with Gasteiger partial charge < -0.3 is 19.9 Å². The summed E-state index contributed by atoms with van der Waals surface area (Å²) in [5.74, 6) is -2.30. The minimum absolute atomic E-state index is 0.00932. The molecule has 48 heavy (non-hydrogen) atoms. The number of nitrogens with one attached hydrogen (secondary N) is 1. The largest absolute Gasteiger partial charge is 0.490 e. The van der Waals surface area contributed by atoms with Crippen LogP contribution in [0, 0.1) is 25.5 Å². The fraction of sp³-hybridized carbons (Fsp3) is 0.353. The lowest BCUT2D eigenvalue weighted by molar-refractivity contribution is -0.160. The number of fused-ring (bicyclic) bond motifs is 2. The highest BCUT2D eigenvalue weighted by Crippen LogP contribution is 2.41. The van der Waals surface area contributed by atoms with Crippen molar-refractivity contribution in [1.82, 2.24) is 34.7 Å². The van der Waals surface area contributed by atoms with Gasteiger partial charge >= 0.3 is 5.97 Å². The quantitative estimate of drug-likeness (QED) is 0.227. The molecule has 5 aromatic rings. The third kappa shape index (κ3) is 6.10. The van der Waals surface area contributed by atoms with Gasteiger partial charge in [0.25, 0.3) is 5.91 Å². The van der Waals surface area contributed by atoms with Crippen LogP contribution in [0.25, 0.3) is 28.3 Å². The number of halogens is 2. The standard InChI is InChI=1S/C34H35F2N7O5/c1-17-21-8-7-11-47-29(21)24(36)13-22(17)28-27(30(33(45)46)48-34(3,4)5)18(2)40-26-14-25(41-43(26)28)32(44)37-15-19-9-10-20(35)12-23(19)31-38-16-39-42(31)6/h9-10,12-14,16,30H,7-8,11,15H2,1-6H3,(H,37,44)(H,45,46). The lowest BCUT2D eigenvalue weighted by Crippen LogP contribution is -2.29. The molecule has 1 aliphatic rings. The van der Waals surface area contributed by atoms with E-state index in [9.17, 15) is 19.1 Å². The Morgan fingerprint density at radius 3 is 2.60 bits per heavy atom. The Balaban J connectivity index is 1.47. The highest BCUT2D eigenvalue weighted by Gasteiger charge is 2.35. The molecule has 2 N–H and O–H groups in total. The fourth-order valence-electron chi connectivity index (χ4n) is 6.02. The van der Waals surface area contributed by atoms with Crippen molar-refractivity contribution < 1.29 is 33.0 Å². The Kier molecular flexibility index (Phi) is 8.45. The zero-order valence-electron chi connectivity index (χ0n) is 27.4. The van der Waals surface area contributed by atoms with Crippen LogP contribution in [-0.2, 0) is 29.5 Å². The number of aliphatic carboxylic acids is 1. The van der Waals surface area contributed by atoms with Crippen LogP contribution < -0.4 is 10.1 Å². The SMILES string of the molecule is Cc1nc2cc(C(=O)NCc3ccc(F)cc3-c3ncnn3C)nn2c(-c2cc(F)c3c(c2C)CCCO3)c1C(OC(C)(C)C)C(=O)O. The average molecular weight is 660 g/mol. The van der Waals surface area contributed by atoms with Crippen LogP contribution in [0.15, 0.2) is 36.7 Å². The number of hydrogen-bond donors (Lipinski definition) is 2. The fourth-order valence-corrected chi connectivity index (χ4v) is 6.02. The summed E-state index contributed by atoms with van der Waals surface area (Å²) in [7, 11) is 1.68. The van der Waals surface area contributed by atoms with Crippen molar-refractivity contribution in [3.63, 3.8) is 0 Å². The minimum Gasteiger partial charge on any atom is -0.490 e. The van der Waals surface area contributed by atoms with Crippen molar-refractivity contribution in [3.05, 3.63) is 81.9 Å². The molecule has 2 aromatic carbocycles. The lowest BCUT2D eigenvalue weighted by atomic mass is 9.91. The van der Waals surface area contributed by atoms with Crippen molar-refractivity contribution in [2.24, 2.45) is 7.05 Å². The molecule has 12 nitrogen and oxygen atoms in total. The van der Waals surface area contributed by atoms with Crippen LogP contribution in [0.1, 0.15) is 71.7 Å². The van der Waals surface area contributed by atoms with Gasteiger partial charge in [-0.25, -0.2) is 32.7 Å². The molecule has 14 heteroatoms. The Bertz CT molecular complexity index is 2080. The smallest absolute Gasteiger partial charge is 0.337 e. The highest BCUT2D eigenvalue weighted by molar-refractivity contribution is 5.94. The summed E-state index contributed by atoms with van der Waals surface area (Å²) in [5, 5.41) is 21.9. The molecule has 1 aliphatic heterocycles. The Morgan fingerprint density at radius 1 is 1.15 bits per heavy atom. The molecular formula is C34H35F2N7O5. The second-order valence-corrected chi connectivity index (χ2v) is 12.7.